The Kier molecular flexibility index (Phi) is 14.5. The van der Waals surface area contributed by atoms with Gasteiger partial charge in [-0.15, -0.1) is 11.3 Å². The summed E-state index contributed by atoms with van der Waals surface area (Å²) in [5.74, 6) is 2.26. The molecule has 0 spiro atoms. The van der Waals surface area contributed by atoms with Crippen molar-refractivity contribution in [1.29, 1.82) is 0 Å². The van der Waals surface area contributed by atoms with Crippen LogP contribution in [-0.2, 0) is 11.2 Å². The first-order valence-electron chi connectivity index (χ1n) is 19.2. The highest BCUT2D eigenvalue weighted by atomic mass is 35.5. The van der Waals surface area contributed by atoms with Crippen LogP contribution in [0, 0.1) is 19.8 Å². The normalized spacial score (nSPS) is 20.8. The van der Waals surface area contributed by atoms with Crippen LogP contribution in [0.15, 0.2) is 53.9 Å². The third-order valence-corrected chi connectivity index (χ3v) is 12.0. The number of allylic oxidation sites excluding steroid dienone is 1. The van der Waals surface area contributed by atoms with Gasteiger partial charge in [0.2, 0.25) is 0 Å². The van der Waals surface area contributed by atoms with E-state index in [0.29, 0.717) is 25.1 Å². The Hall–Kier alpha value is -3.34. The highest BCUT2D eigenvalue weighted by Gasteiger charge is 2.34. The Morgan fingerprint density at radius 1 is 1.21 bits per heavy atom. The number of fused-ring (bicyclic) bond motifs is 3. The van der Waals surface area contributed by atoms with E-state index in [-0.39, 0.29) is 0 Å². The van der Waals surface area contributed by atoms with E-state index >= 15 is 0 Å². The van der Waals surface area contributed by atoms with Crippen LogP contribution in [0.3, 0.4) is 0 Å². The number of aryl methyl sites for hydroxylation is 3. The van der Waals surface area contributed by atoms with Crippen LogP contribution in [0.25, 0.3) is 38.2 Å². The Bertz CT molecular complexity index is 1940. The topological polar surface area (TPSA) is 79.0 Å². The molecule has 3 saturated heterocycles. The quantitative estimate of drug-likeness (QED) is 0.144. The zero-order valence-electron chi connectivity index (χ0n) is 32.7. The second-order valence-corrected chi connectivity index (χ2v) is 15.8. The molecule has 3 unspecified atom stereocenters. The number of nitrogens with one attached hydrogen (secondary N) is 1. The lowest BCUT2D eigenvalue weighted by Gasteiger charge is -2.26. The third-order valence-electron chi connectivity index (χ3n) is 10.5. The summed E-state index contributed by atoms with van der Waals surface area (Å²) in [6.45, 7) is 20.1. The smallest absolute Gasteiger partial charge is 0.140 e. The van der Waals surface area contributed by atoms with Crippen molar-refractivity contribution in [2.24, 2.45) is 16.6 Å². The van der Waals surface area contributed by atoms with Crippen LogP contribution in [-0.4, -0.2) is 86.3 Å². The molecule has 3 aliphatic rings. The van der Waals surface area contributed by atoms with Crippen molar-refractivity contribution in [2.75, 3.05) is 53.5 Å². The first kappa shape index (κ1) is 40.8. The van der Waals surface area contributed by atoms with Crippen molar-refractivity contribution >= 4 is 55.7 Å². The van der Waals surface area contributed by atoms with Crippen LogP contribution in [0.5, 0.6) is 0 Å². The van der Waals surface area contributed by atoms with Crippen molar-refractivity contribution < 1.29 is 9.13 Å². The molecule has 53 heavy (non-hydrogen) atoms. The fraction of sp³-hybridized carbons (Fsp3) is 0.488. The van der Waals surface area contributed by atoms with Gasteiger partial charge in [-0.2, -0.15) is 0 Å². The van der Waals surface area contributed by atoms with E-state index in [1.165, 1.54) is 35.7 Å². The van der Waals surface area contributed by atoms with Gasteiger partial charge in [0.25, 0.3) is 0 Å². The van der Waals surface area contributed by atoms with Crippen LogP contribution < -0.4 is 11.1 Å². The van der Waals surface area contributed by atoms with E-state index in [1.807, 2.05) is 25.4 Å². The monoisotopic (exact) mass is 760 g/mol. The predicted molar refractivity (Wildman–Crippen MR) is 226 cm³/mol. The molecular formula is C43H58ClFN6OS. The maximum Gasteiger partial charge on any atom is 0.140 e. The van der Waals surface area contributed by atoms with Crippen molar-refractivity contribution in [2.45, 2.75) is 78.9 Å². The van der Waals surface area contributed by atoms with Crippen molar-refractivity contribution in [1.82, 2.24) is 20.1 Å². The summed E-state index contributed by atoms with van der Waals surface area (Å²) in [7, 11) is 3.44. The predicted octanol–water partition coefficient (Wildman–Crippen LogP) is 9.55. The number of benzene rings is 2. The molecule has 2 aromatic carbocycles. The van der Waals surface area contributed by atoms with E-state index < -0.39 is 6.17 Å². The Balaban J connectivity index is 0.000000421. The lowest BCUT2D eigenvalue weighted by atomic mass is 9.88. The lowest BCUT2D eigenvalue weighted by molar-refractivity contribution is 0.127. The fourth-order valence-electron chi connectivity index (χ4n) is 8.15. The number of rotatable bonds is 7. The van der Waals surface area contributed by atoms with Crippen molar-refractivity contribution in [3.05, 3.63) is 81.1 Å². The first-order valence-corrected chi connectivity index (χ1v) is 20.4. The standard InChI is InChI=1S/C35H41ClN4OS.C7H12FN.CH5N/c1-8-11-29(37-7)39-35(40-16-17-41-20-21(4)19-40)30-23(6)42-34-27(30)14-15-38-33(34)32-25(9-2)22(5)18-24-12-13-28(36)26(10-3)31(24)32;8-6-4-7-2-1-3-9(7)5-6;1-2/h9,11-15,18,21,37H,2,8,10,16-17,19-20H2,1,3-7H3;6-7H,1-5H2;2H2,1H3/b29-11+,39-35+;;. The molecule has 0 aliphatic carbocycles. The Labute approximate surface area is 325 Å². The Morgan fingerprint density at radius 2 is 2.00 bits per heavy atom. The lowest BCUT2D eigenvalue weighted by Crippen LogP contribution is -2.36. The number of thiophene rings is 1. The van der Waals surface area contributed by atoms with E-state index in [9.17, 15) is 4.39 Å². The SMILES string of the molecule is C=Cc1c(C)cc2ccc(Cl)c(CC)c2c1-c1nccc2c(/C(=N\C(=C\CC)NC)N3CCOCC(C)C3)c(C)sc12.CN.FC1CC2CCCN2C1. The summed E-state index contributed by atoms with van der Waals surface area (Å²) < 4.78 is 19.7. The van der Waals surface area contributed by atoms with Gasteiger partial charge in [-0.05, 0) is 111 Å². The molecule has 3 atom stereocenters. The summed E-state index contributed by atoms with van der Waals surface area (Å²) in [6, 6.07) is 9.13. The molecular weight excluding hydrogens is 703 g/mol. The van der Waals surface area contributed by atoms with Gasteiger partial charge < -0.3 is 20.7 Å². The minimum Gasteiger partial charge on any atom is -0.379 e. The zero-order chi connectivity index (χ0) is 38.2. The molecule has 3 aliphatic heterocycles. The third kappa shape index (κ3) is 8.81. The van der Waals surface area contributed by atoms with Gasteiger partial charge in [-0.25, -0.2) is 9.38 Å². The number of nitrogens with two attached hydrogens (primary N) is 1. The highest BCUT2D eigenvalue weighted by molar-refractivity contribution is 7.20. The van der Waals surface area contributed by atoms with Crippen molar-refractivity contribution in [3.63, 3.8) is 0 Å². The number of aliphatic imine (C=N–C) groups is 1. The number of ether oxygens (including phenoxy) is 1. The molecule has 2 aromatic heterocycles. The average molecular weight is 761 g/mol. The van der Waals surface area contributed by atoms with Gasteiger partial charge in [0.05, 0.1) is 23.6 Å². The molecule has 10 heteroatoms. The number of aromatic nitrogens is 1. The minimum atomic E-state index is -0.518. The number of hydrogen-bond donors (Lipinski definition) is 2. The van der Waals surface area contributed by atoms with Gasteiger partial charge in [0.15, 0.2) is 0 Å². The molecule has 0 radical (unpaired) electrons. The second kappa shape index (κ2) is 18.8. The molecule has 0 bridgehead atoms. The maximum absolute atomic E-state index is 12.6. The fourth-order valence-corrected chi connectivity index (χ4v) is 9.58. The summed E-state index contributed by atoms with van der Waals surface area (Å²) in [4.78, 5) is 16.2. The van der Waals surface area contributed by atoms with Gasteiger partial charge in [-0.1, -0.05) is 57.2 Å². The molecule has 5 heterocycles. The highest BCUT2D eigenvalue weighted by Crippen LogP contribution is 2.44. The van der Waals surface area contributed by atoms with Gasteiger partial charge >= 0.3 is 0 Å². The molecule has 7 rings (SSSR count). The maximum atomic E-state index is 12.6. The number of halogens is 2. The molecule has 0 amide bonds. The van der Waals surface area contributed by atoms with E-state index in [1.54, 1.807) is 11.3 Å². The minimum absolute atomic E-state index is 0.402. The Morgan fingerprint density at radius 3 is 2.70 bits per heavy atom. The average Bonchev–Trinajstić information content (AvgIpc) is 3.79. The zero-order valence-corrected chi connectivity index (χ0v) is 34.3. The van der Waals surface area contributed by atoms with Crippen LogP contribution in [0.2, 0.25) is 5.02 Å². The molecule has 0 saturated carbocycles. The van der Waals surface area contributed by atoms with Crippen LogP contribution in [0.1, 0.15) is 73.6 Å². The van der Waals surface area contributed by atoms with Gasteiger partial charge in [0.1, 0.15) is 17.8 Å². The summed E-state index contributed by atoms with van der Waals surface area (Å²) in [5, 5.41) is 7.59. The number of hydrogen-bond acceptors (Lipinski definition) is 7. The van der Waals surface area contributed by atoms with E-state index in [0.717, 1.165) is 106 Å². The molecule has 3 N–H and O–H groups in total. The summed E-state index contributed by atoms with van der Waals surface area (Å²) >= 11 is 8.59. The number of alkyl halides is 1. The number of pyridine rings is 1. The molecule has 4 aromatic rings. The van der Waals surface area contributed by atoms with Crippen molar-refractivity contribution in [3.8, 4) is 11.3 Å². The van der Waals surface area contributed by atoms with Crippen LogP contribution >= 0.6 is 22.9 Å². The second-order valence-electron chi connectivity index (χ2n) is 14.2. The molecule has 3 fully saturated rings. The van der Waals surface area contributed by atoms with Gasteiger partial charge in [0, 0.05) is 65.3 Å². The summed E-state index contributed by atoms with van der Waals surface area (Å²) in [5.41, 5.74) is 11.2. The molecule has 7 nitrogen and oxygen atoms in total. The summed E-state index contributed by atoms with van der Waals surface area (Å²) in [6.07, 6.45) is 10.6. The molecule has 286 valence electrons. The first-order chi connectivity index (χ1) is 25.7. The number of amidine groups is 1. The van der Waals surface area contributed by atoms with Crippen LogP contribution in [0.4, 0.5) is 4.39 Å². The largest absolute Gasteiger partial charge is 0.379 e. The van der Waals surface area contributed by atoms with Gasteiger partial charge in [-0.3, -0.25) is 9.88 Å². The van der Waals surface area contributed by atoms with E-state index in [2.05, 4.69) is 86.3 Å². The number of nitrogens with zero attached hydrogens (tertiary/aromatic N) is 4. The van der Waals surface area contributed by atoms with E-state index in [4.69, 9.17) is 26.3 Å².